The van der Waals surface area contributed by atoms with Gasteiger partial charge in [0.05, 0.1) is 10.5 Å². The van der Waals surface area contributed by atoms with E-state index in [1.165, 1.54) is 18.2 Å². The molecule has 0 fully saturated rings. The van der Waals surface area contributed by atoms with Crippen LogP contribution in [-0.4, -0.2) is 17.6 Å². The molecule has 1 N–H and O–H groups in total. The van der Waals surface area contributed by atoms with Gasteiger partial charge in [0.25, 0.3) is 5.69 Å². The number of benzene rings is 2. The number of ether oxygens (including phenoxy) is 2. The highest BCUT2D eigenvalue weighted by Crippen LogP contribution is 2.34. The van der Waals surface area contributed by atoms with E-state index in [9.17, 15) is 14.9 Å². The molecule has 1 aliphatic heterocycles. The number of carbonyl (C=O) groups excluding carboxylic acids is 1. The minimum absolute atomic E-state index is 0.0559. The Morgan fingerprint density at radius 3 is 2.78 bits per heavy atom. The number of nitro benzene ring substituents is 1. The van der Waals surface area contributed by atoms with E-state index in [0.717, 1.165) is 0 Å². The second-order valence-corrected chi connectivity index (χ2v) is 4.71. The van der Waals surface area contributed by atoms with Crippen LogP contribution < -0.4 is 14.8 Å². The van der Waals surface area contributed by atoms with Crippen LogP contribution in [0.2, 0.25) is 0 Å². The highest BCUT2D eigenvalue weighted by Gasteiger charge is 2.14. The van der Waals surface area contributed by atoms with Gasteiger partial charge in [-0.15, -0.1) is 0 Å². The maximum atomic E-state index is 11.9. The molecule has 7 heteroatoms. The SMILES string of the molecule is O=C(/C=C/c1ccccc1[N+](=O)[O-])Nc1ccc2c(c1)OCO2. The van der Waals surface area contributed by atoms with Gasteiger partial charge < -0.3 is 14.8 Å². The first kappa shape index (κ1) is 14.6. The molecule has 0 aliphatic carbocycles. The predicted molar refractivity (Wildman–Crippen MR) is 83.3 cm³/mol. The van der Waals surface area contributed by atoms with Crippen molar-refractivity contribution in [2.45, 2.75) is 0 Å². The van der Waals surface area contributed by atoms with Crippen molar-refractivity contribution in [2.75, 3.05) is 12.1 Å². The zero-order chi connectivity index (χ0) is 16.2. The third-order valence-corrected chi connectivity index (χ3v) is 3.19. The average Bonchev–Trinajstić information content (AvgIpc) is 3.00. The van der Waals surface area contributed by atoms with E-state index in [0.29, 0.717) is 22.7 Å². The summed E-state index contributed by atoms with van der Waals surface area (Å²) in [6.45, 7) is 0.157. The Hall–Kier alpha value is -3.35. The first-order valence-electron chi connectivity index (χ1n) is 6.75. The van der Waals surface area contributed by atoms with Crippen LogP contribution in [0.3, 0.4) is 0 Å². The van der Waals surface area contributed by atoms with Crippen LogP contribution in [0.5, 0.6) is 11.5 Å². The van der Waals surface area contributed by atoms with Crippen LogP contribution in [0, 0.1) is 10.1 Å². The van der Waals surface area contributed by atoms with Crippen LogP contribution in [0.4, 0.5) is 11.4 Å². The zero-order valence-corrected chi connectivity index (χ0v) is 11.9. The Morgan fingerprint density at radius 2 is 1.96 bits per heavy atom. The predicted octanol–water partition coefficient (Wildman–Crippen LogP) is 2.98. The summed E-state index contributed by atoms with van der Waals surface area (Å²) < 4.78 is 10.4. The lowest BCUT2D eigenvalue weighted by atomic mass is 10.1. The average molecular weight is 312 g/mol. The van der Waals surface area contributed by atoms with Gasteiger partial charge in [0.15, 0.2) is 11.5 Å². The fourth-order valence-corrected chi connectivity index (χ4v) is 2.12. The van der Waals surface area contributed by atoms with Gasteiger partial charge in [-0.05, 0) is 24.3 Å². The van der Waals surface area contributed by atoms with Gasteiger partial charge in [0.1, 0.15) is 0 Å². The molecule has 2 aromatic rings. The lowest BCUT2D eigenvalue weighted by Crippen LogP contribution is -2.07. The standard InChI is InChI=1S/C16H12N2O5/c19-16(8-5-11-3-1-2-4-13(11)18(20)21)17-12-6-7-14-15(9-12)23-10-22-14/h1-9H,10H2,(H,17,19)/b8-5+. The van der Waals surface area contributed by atoms with Gasteiger partial charge in [0, 0.05) is 23.9 Å². The Balaban J connectivity index is 1.71. The van der Waals surface area contributed by atoms with E-state index in [1.807, 2.05) is 0 Å². The Morgan fingerprint density at radius 1 is 1.17 bits per heavy atom. The van der Waals surface area contributed by atoms with Crippen LogP contribution in [-0.2, 0) is 4.79 Å². The van der Waals surface area contributed by atoms with E-state index in [-0.39, 0.29) is 12.5 Å². The summed E-state index contributed by atoms with van der Waals surface area (Å²) in [5, 5.41) is 13.6. The van der Waals surface area contributed by atoms with Crippen molar-refractivity contribution >= 4 is 23.4 Å². The molecule has 0 radical (unpaired) electrons. The first-order valence-corrected chi connectivity index (χ1v) is 6.75. The van der Waals surface area contributed by atoms with Crippen molar-refractivity contribution in [3.8, 4) is 11.5 Å². The smallest absolute Gasteiger partial charge is 0.276 e. The van der Waals surface area contributed by atoms with Crippen molar-refractivity contribution in [3.05, 3.63) is 64.2 Å². The van der Waals surface area contributed by atoms with Gasteiger partial charge in [-0.25, -0.2) is 0 Å². The maximum Gasteiger partial charge on any atom is 0.276 e. The molecule has 1 heterocycles. The summed E-state index contributed by atoms with van der Waals surface area (Å²) in [7, 11) is 0. The third kappa shape index (κ3) is 3.29. The molecule has 0 aromatic heterocycles. The molecule has 1 aliphatic rings. The molecule has 0 saturated carbocycles. The summed E-state index contributed by atoms with van der Waals surface area (Å²) in [5.74, 6) is 0.783. The van der Waals surface area contributed by atoms with Crippen LogP contribution in [0.15, 0.2) is 48.5 Å². The van der Waals surface area contributed by atoms with Crippen molar-refractivity contribution in [1.29, 1.82) is 0 Å². The number of hydrogen-bond acceptors (Lipinski definition) is 5. The number of anilines is 1. The molecule has 116 valence electrons. The number of nitrogens with zero attached hydrogens (tertiary/aromatic N) is 1. The van der Waals surface area contributed by atoms with Crippen LogP contribution in [0.1, 0.15) is 5.56 Å². The summed E-state index contributed by atoms with van der Waals surface area (Å²) in [5.41, 5.74) is 0.851. The van der Waals surface area contributed by atoms with Crippen LogP contribution in [0.25, 0.3) is 6.08 Å². The zero-order valence-electron chi connectivity index (χ0n) is 11.9. The van der Waals surface area contributed by atoms with Crippen molar-refractivity contribution < 1.29 is 19.2 Å². The van der Waals surface area contributed by atoms with Gasteiger partial charge in [0.2, 0.25) is 12.7 Å². The number of amides is 1. The molecular weight excluding hydrogens is 300 g/mol. The molecule has 2 aromatic carbocycles. The Kier molecular flexibility index (Phi) is 3.92. The van der Waals surface area contributed by atoms with Crippen molar-refractivity contribution in [3.63, 3.8) is 0 Å². The highest BCUT2D eigenvalue weighted by atomic mass is 16.7. The summed E-state index contributed by atoms with van der Waals surface area (Å²) in [6.07, 6.45) is 2.65. The summed E-state index contributed by atoms with van der Waals surface area (Å²) in [4.78, 5) is 22.3. The van der Waals surface area contributed by atoms with E-state index in [2.05, 4.69) is 5.32 Å². The Labute approximate surface area is 131 Å². The van der Waals surface area contributed by atoms with E-state index < -0.39 is 10.8 Å². The topological polar surface area (TPSA) is 90.7 Å². The number of rotatable bonds is 4. The largest absolute Gasteiger partial charge is 0.454 e. The molecule has 0 bridgehead atoms. The summed E-state index contributed by atoms with van der Waals surface area (Å²) >= 11 is 0. The number of fused-ring (bicyclic) bond motifs is 1. The minimum atomic E-state index is -0.491. The molecule has 0 saturated heterocycles. The number of hydrogen-bond donors (Lipinski definition) is 1. The molecule has 7 nitrogen and oxygen atoms in total. The fourth-order valence-electron chi connectivity index (χ4n) is 2.12. The third-order valence-electron chi connectivity index (χ3n) is 3.19. The molecule has 23 heavy (non-hydrogen) atoms. The maximum absolute atomic E-state index is 11.9. The molecule has 0 spiro atoms. The number of nitro groups is 1. The van der Waals surface area contributed by atoms with Crippen LogP contribution >= 0.6 is 0 Å². The second kappa shape index (κ2) is 6.18. The number of para-hydroxylation sites is 1. The first-order chi connectivity index (χ1) is 11.1. The lowest BCUT2D eigenvalue weighted by Gasteiger charge is -2.03. The number of carbonyl (C=O) groups is 1. The highest BCUT2D eigenvalue weighted by molar-refractivity contribution is 6.02. The number of nitrogens with one attached hydrogen (secondary N) is 1. The minimum Gasteiger partial charge on any atom is -0.454 e. The van der Waals surface area contributed by atoms with Crippen molar-refractivity contribution in [2.24, 2.45) is 0 Å². The quantitative estimate of drug-likeness (QED) is 0.532. The molecule has 0 atom stereocenters. The van der Waals surface area contributed by atoms with E-state index in [4.69, 9.17) is 9.47 Å². The van der Waals surface area contributed by atoms with E-state index >= 15 is 0 Å². The van der Waals surface area contributed by atoms with E-state index in [1.54, 1.807) is 36.4 Å². The summed E-state index contributed by atoms with van der Waals surface area (Å²) in [6, 6.07) is 11.2. The molecule has 1 amide bonds. The van der Waals surface area contributed by atoms with Gasteiger partial charge in [-0.1, -0.05) is 12.1 Å². The second-order valence-electron chi connectivity index (χ2n) is 4.71. The van der Waals surface area contributed by atoms with Crippen molar-refractivity contribution in [1.82, 2.24) is 0 Å². The molecular formula is C16H12N2O5. The Bertz CT molecular complexity index is 801. The molecule has 0 unspecified atom stereocenters. The lowest BCUT2D eigenvalue weighted by molar-refractivity contribution is -0.385. The monoisotopic (exact) mass is 312 g/mol. The fraction of sp³-hybridized carbons (Fsp3) is 0.0625. The van der Waals surface area contributed by atoms with Gasteiger partial charge in [-0.2, -0.15) is 0 Å². The molecule has 3 rings (SSSR count). The van der Waals surface area contributed by atoms with Gasteiger partial charge in [-0.3, -0.25) is 14.9 Å². The normalized spacial score (nSPS) is 12.3. The van der Waals surface area contributed by atoms with Gasteiger partial charge >= 0.3 is 0 Å².